The van der Waals surface area contributed by atoms with Crippen molar-refractivity contribution in [3.8, 4) is 0 Å². The highest BCUT2D eigenvalue weighted by Crippen LogP contribution is 2.18. The first-order valence-electron chi connectivity index (χ1n) is 6.35. The standard InChI is InChI=1S/C13H23N3O2/c1-4-16(5-2)13(17)10-15(3)11(9-14)12-7-6-8-18-12/h6-8,11H,4-5,9-10,14H2,1-3H3. The molecule has 0 aliphatic heterocycles. The van der Waals surface area contributed by atoms with E-state index in [0.717, 1.165) is 18.8 Å². The van der Waals surface area contributed by atoms with Gasteiger partial charge in [-0.25, -0.2) is 0 Å². The quantitative estimate of drug-likeness (QED) is 0.790. The van der Waals surface area contributed by atoms with Crippen LogP contribution < -0.4 is 5.73 Å². The van der Waals surface area contributed by atoms with Gasteiger partial charge in [0.15, 0.2) is 0 Å². The largest absolute Gasteiger partial charge is 0.468 e. The summed E-state index contributed by atoms with van der Waals surface area (Å²) in [5.74, 6) is 0.917. The van der Waals surface area contributed by atoms with E-state index in [2.05, 4.69) is 0 Å². The third-order valence-corrected chi connectivity index (χ3v) is 3.13. The Morgan fingerprint density at radius 1 is 1.44 bits per heavy atom. The van der Waals surface area contributed by atoms with E-state index in [-0.39, 0.29) is 11.9 Å². The molecule has 1 aromatic heterocycles. The summed E-state index contributed by atoms with van der Waals surface area (Å²) in [7, 11) is 1.89. The monoisotopic (exact) mass is 253 g/mol. The van der Waals surface area contributed by atoms with Gasteiger partial charge in [-0.15, -0.1) is 0 Å². The average Bonchev–Trinajstić information content (AvgIpc) is 2.85. The molecule has 0 spiro atoms. The number of hydrogen-bond donors (Lipinski definition) is 1. The van der Waals surface area contributed by atoms with Gasteiger partial charge in [-0.1, -0.05) is 0 Å². The molecule has 0 aromatic carbocycles. The van der Waals surface area contributed by atoms with Gasteiger partial charge in [0.05, 0.1) is 18.8 Å². The maximum atomic E-state index is 12.0. The van der Waals surface area contributed by atoms with Gasteiger partial charge in [0, 0.05) is 19.6 Å². The molecule has 1 aromatic rings. The van der Waals surface area contributed by atoms with E-state index in [4.69, 9.17) is 10.2 Å². The molecule has 0 fully saturated rings. The van der Waals surface area contributed by atoms with Gasteiger partial charge in [-0.05, 0) is 33.0 Å². The van der Waals surface area contributed by atoms with Crippen LogP contribution in [0, 0.1) is 0 Å². The number of carbonyl (C=O) groups excluding carboxylic acids is 1. The fourth-order valence-electron chi connectivity index (χ4n) is 1.99. The highest BCUT2D eigenvalue weighted by Gasteiger charge is 2.21. The lowest BCUT2D eigenvalue weighted by Crippen LogP contribution is -2.41. The Morgan fingerprint density at radius 3 is 2.56 bits per heavy atom. The number of rotatable bonds is 7. The predicted octanol–water partition coefficient (Wildman–Crippen LogP) is 1.08. The molecule has 1 heterocycles. The maximum absolute atomic E-state index is 12.0. The first-order valence-corrected chi connectivity index (χ1v) is 6.35. The third-order valence-electron chi connectivity index (χ3n) is 3.13. The second-order valence-corrected chi connectivity index (χ2v) is 4.25. The smallest absolute Gasteiger partial charge is 0.236 e. The second kappa shape index (κ2) is 7.18. The summed E-state index contributed by atoms with van der Waals surface area (Å²) >= 11 is 0. The summed E-state index contributed by atoms with van der Waals surface area (Å²) < 4.78 is 5.36. The Bertz CT molecular complexity index is 347. The summed E-state index contributed by atoms with van der Waals surface area (Å²) in [6.07, 6.45) is 1.62. The number of amides is 1. The molecule has 0 radical (unpaired) electrons. The lowest BCUT2D eigenvalue weighted by Gasteiger charge is -2.27. The Balaban J connectivity index is 2.63. The van der Waals surface area contributed by atoms with Crippen LogP contribution in [0.15, 0.2) is 22.8 Å². The Kier molecular flexibility index (Phi) is 5.88. The number of carbonyl (C=O) groups is 1. The molecule has 0 aliphatic carbocycles. The molecule has 18 heavy (non-hydrogen) atoms. The maximum Gasteiger partial charge on any atom is 0.236 e. The van der Waals surface area contributed by atoms with E-state index in [0.29, 0.717) is 13.1 Å². The molecule has 102 valence electrons. The minimum Gasteiger partial charge on any atom is -0.468 e. The molecular weight excluding hydrogens is 230 g/mol. The molecule has 1 unspecified atom stereocenters. The molecule has 0 bridgehead atoms. The first-order chi connectivity index (χ1) is 8.63. The fourth-order valence-corrected chi connectivity index (χ4v) is 1.99. The molecule has 1 atom stereocenters. The summed E-state index contributed by atoms with van der Waals surface area (Å²) in [5.41, 5.74) is 5.76. The summed E-state index contributed by atoms with van der Waals surface area (Å²) in [4.78, 5) is 15.8. The third kappa shape index (κ3) is 3.58. The van der Waals surface area contributed by atoms with Gasteiger partial charge in [-0.3, -0.25) is 9.69 Å². The van der Waals surface area contributed by atoms with Crippen LogP contribution in [0.2, 0.25) is 0 Å². The number of nitrogens with two attached hydrogens (primary N) is 1. The average molecular weight is 253 g/mol. The first kappa shape index (κ1) is 14.7. The number of hydrogen-bond acceptors (Lipinski definition) is 4. The summed E-state index contributed by atoms with van der Waals surface area (Å²) in [5, 5.41) is 0. The topological polar surface area (TPSA) is 62.7 Å². The highest BCUT2D eigenvalue weighted by atomic mass is 16.3. The second-order valence-electron chi connectivity index (χ2n) is 4.25. The molecule has 5 nitrogen and oxygen atoms in total. The minimum atomic E-state index is -0.0560. The summed E-state index contributed by atoms with van der Waals surface area (Å²) in [6, 6.07) is 3.66. The fraction of sp³-hybridized carbons (Fsp3) is 0.615. The van der Waals surface area contributed by atoms with E-state index < -0.39 is 0 Å². The molecule has 0 saturated heterocycles. The van der Waals surface area contributed by atoms with Crippen molar-refractivity contribution in [1.82, 2.24) is 9.80 Å². The molecule has 0 saturated carbocycles. The molecule has 2 N–H and O–H groups in total. The van der Waals surface area contributed by atoms with Crippen LogP contribution in [0.4, 0.5) is 0 Å². The minimum absolute atomic E-state index is 0.0560. The lowest BCUT2D eigenvalue weighted by atomic mass is 10.2. The van der Waals surface area contributed by atoms with Crippen molar-refractivity contribution in [2.24, 2.45) is 5.73 Å². The van der Waals surface area contributed by atoms with Crippen molar-refractivity contribution in [2.45, 2.75) is 19.9 Å². The van der Waals surface area contributed by atoms with Gasteiger partial charge >= 0.3 is 0 Å². The van der Waals surface area contributed by atoms with Gasteiger partial charge < -0.3 is 15.1 Å². The molecule has 1 amide bonds. The van der Waals surface area contributed by atoms with Crippen molar-refractivity contribution < 1.29 is 9.21 Å². The highest BCUT2D eigenvalue weighted by molar-refractivity contribution is 5.78. The zero-order valence-corrected chi connectivity index (χ0v) is 11.4. The molecule has 1 rings (SSSR count). The van der Waals surface area contributed by atoms with Crippen LogP contribution in [0.3, 0.4) is 0 Å². The lowest BCUT2D eigenvalue weighted by molar-refractivity contribution is -0.132. The zero-order valence-electron chi connectivity index (χ0n) is 11.4. The van der Waals surface area contributed by atoms with Crippen LogP contribution in [0.25, 0.3) is 0 Å². The van der Waals surface area contributed by atoms with E-state index in [1.54, 1.807) is 6.26 Å². The Hall–Kier alpha value is -1.33. The van der Waals surface area contributed by atoms with E-state index in [1.807, 2.05) is 42.8 Å². The Labute approximate surface area is 109 Å². The Morgan fingerprint density at radius 2 is 2.11 bits per heavy atom. The van der Waals surface area contributed by atoms with Crippen LogP contribution in [-0.2, 0) is 4.79 Å². The van der Waals surface area contributed by atoms with Gasteiger partial charge in [0.2, 0.25) is 5.91 Å². The van der Waals surface area contributed by atoms with Crippen molar-refractivity contribution in [2.75, 3.05) is 33.2 Å². The van der Waals surface area contributed by atoms with Crippen molar-refractivity contribution in [3.05, 3.63) is 24.2 Å². The van der Waals surface area contributed by atoms with Crippen molar-refractivity contribution in [1.29, 1.82) is 0 Å². The number of furan rings is 1. The van der Waals surface area contributed by atoms with Gasteiger partial charge in [0.1, 0.15) is 5.76 Å². The van der Waals surface area contributed by atoms with Crippen LogP contribution in [0.5, 0.6) is 0 Å². The van der Waals surface area contributed by atoms with E-state index in [1.165, 1.54) is 0 Å². The molecule has 5 heteroatoms. The number of nitrogens with zero attached hydrogens (tertiary/aromatic N) is 2. The SMILES string of the molecule is CCN(CC)C(=O)CN(C)C(CN)c1ccco1. The van der Waals surface area contributed by atoms with Crippen LogP contribution in [0.1, 0.15) is 25.6 Å². The molecular formula is C13H23N3O2. The predicted molar refractivity (Wildman–Crippen MR) is 71.1 cm³/mol. The van der Waals surface area contributed by atoms with Crippen molar-refractivity contribution >= 4 is 5.91 Å². The van der Waals surface area contributed by atoms with Crippen LogP contribution in [-0.4, -0.2) is 48.9 Å². The van der Waals surface area contributed by atoms with E-state index in [9.17, 15) is 4.79 Å². The summed E-state index contributed by atoms with van der Waals surface area (Å²) in [6.45, 7) is 6.21. The van der Waals surface area contributed by atoms with E-state index >= 15 is 0 Å². The normalized spacial score (nSPS) is 12.7. The van der Waals surface area contributed by atoms with Crippen LogP contribution >= 0.6 is 0 Å². The molecule has 0 aliphatic rings. The van der Waals surface area contributed by atoms with Gasteiger partial charge in [0.25, 0.3) is 0 Å². The van der Waals surface area contributed by atoms with Gasteiger partial charge in [-0.2, -0.15) is 0 Å². The zero-order chi connectivity index (χ0) is 13.5. The number of likely N-dealkylation sites (N-methyl/N-ethyl adjacent to an activating group) is 2. The van der Waals surface area contributed by atoms with Crippen molar-refractivity contribution in [3.63, 3.8) is 0 Å².